The lowest BCUT2D eigenvalue weighted by Gasteiger charge is -2.26. The molecule has 0 fully saturated rings. The number of nitrogens with zero attached hydrogens (tertiary/aromatic N) is 2. The second-order valence-corrected chi connectivity index (χ2v) is 18.5. The van der Waals surface area contributed by atoms with E-state index in [4.69, 9.17) is 8.83 Å². The van der Waals surface area contributed by atoms with Crippen LogP contribution in [0.25, 0.3) is 109 Å². The van der Waals surface area contributed by atoms with Crippen LogP contribution in [-0.4, -0.2) is 0 Å². The van der Waals surface area contributed by atoms with E-state index in [1.807, 2.05) is 0 Å². The Labute approximate surface area is 402 Å². The molecule has 0 N–H and O–H groups in total. The Morgan fingerprint density at radius 3 is 0.943 bits per heavy atom. The molecular weight excluding hydrogens is 853 g/mol. The second kappa shape index (κ2) is 15.1. The number of hydrogen-bond donors (Lipinski definition) is 0. The van der Waals surface area contributed by atoms with E-state index < -0.39 is 0 Å². The summed E-state index contributed by atoms with van der Waals surface area (Å²) in [4.78, 5) is 4.68. The fourth-order valence-electron chi connectivity index (χ4n) is 11.2. The van der Waals surface area contributed by atoms with Crippen molar-refractivity contribution in [3.05, 3.63) is 243 Å². The van der Waals surface area contributed by atoms with Crippen molar-refractivity contribution in [1.29, 1.82) is 0 Å². The molecule has 0 aliphatic rings. The molecule has 326 valence electrons. The van der Waals surface area contributed by atoms with E-state index in [0.29, 0.717) is 0 Å². The number of furan rings is 2. The molecule has 0 aliphatic heterocycles. The lowest BCUT2D eigenvalue weighted by molar-refractivity contribution is 0.667. The molecule has 0 amide bonds. The molecule has 0 atom stereocenters. The summed E-state index contributed by atoms with van der Waals surface area (Å²) in [5.41, 5.74) is 9.98. The normalized spacial score (nSPS) is 12.0. The molecule has 15 aromatic rings. The van der Waals surface area contributed by atoms with Gasteiger partial charge >= 0.3 is 0 Å². The first-order valence-electron chi connectivity index (χ1n) is 23.9. The first-order chi connectivity index (χ1) is 34.7. The quantitative estimate of drug-likeness (QED) is 0.156. The molecule has 4 nitrogen and oxygen atoms in total. The van der Waals surface area contributed by atoms with E-state index in [2.05, 4.69) is 252 Å². The Balaban J connectivity index is 0.811. The molecule has 15 rings (SSSR count). The summed E-state index contributed by atoms with van der Waals surface area (Å²) in [5.74, 6) is 0. The van der Waals surface area contributed by atoms with E-state index in [0.717, 1.165) is 99.5 Å². The Morgan fingerprint density at radius 2 is 0.514 bits per heavy atom. The van der Waals surface area contributed by atoms with Gasteiger partial charge in [0.05, 0.1) is 0 Å². The number of benzene rings is 13. The van der Waals surface area contributed by atoms with Gasteiger partial charge in [-0.15, -0.1) is 0 Å². The van der Waals surface area contributed by atoms with Crippen LogP contribution in [0.4, 0.5) is 34.1 Å². The van der Waals surface area contributed by atoms with Gasteiger partial charge in [0.2, 0.25) is 0 Å². The van der Waals surface area contributed by atoms with Gasteiger partial charge < -0.3 is 18.6 Å². The maximum absolute atomic E-state index is 6.85. The largest absolute Gasteiger partial charge is 0.455 e. The average Bonchev–Trinajstić information content (AvgIpc) is 3.98. The minimum Gasteiger partial charge on any atom is -0.455 e. The van der Waals surface area contributed by atoms with Crippen LogP contribution in [0.15, 0.2) is 251 Å². The van der Waals surface area contributed by atoms with E-state index in [9.17, 15) is 0 Å². The van der Waals surface area contributed by atoms with Crippen LogP contribution < -0.4 is 9.80 Å². The molecule has 0 saturated heterocycles. The van der Waals surface area contributed by atoms with Crippen molar-refractivity contribution in [3.63, 3.8) is 0 Å². The van der Waals surface area contributed by atoms with Gasteiger partial charge in [0.1, 0.15) is 22.3 Å². The molecule has 0 bridgehead atoms. The van der Waals surface area contributed by atoms with Crippen LogP contribution in [0.2, 0.25) is 0 Å². The van der Waals surface area contributed by atoms with Gasteiger partial charge in [-0.2, -0.15) is 0 Å². The number of para-hydroxylation sites is 2. The monoisotopic (exact) mass is 892 g/mol. The highest BCUT2D eigenvalue weighted by Crippen LogP contribution is 2.45. The standard InChI is InChI=1S/C66H40N2O2/c1-3-13-47(14-4-1)67(49-25-31-55-43(35-49)21-19-41-11-7-9-17-53(41)55)51-27-33-57-45(37-51)23-29-59-61-39-64-62(40-63(61)69-65(57)59)60-30-24-46-38-52(28-34-58(46)66(60)70-64)68(48-15-5-2-6-16-48)50-26-32-56-44(36-50)22-20-42-12-8-10-18-54(42)56/h1-40H. The molecule has 0 saturated carbocycles. The third-order valence-electron chi connectivity index (χ3n) is 14.5. The maximum atomic E-state index is 6.85. The first-order valence-corrected chi connectivity index (χ1v) is 23.9. The molecule has 0 unspecified atom stereocenters. The van der Waals surface area contributed by atoms with Gasteiger partial charge in [0.25, 0.3) is 0 Å². The minimum absolute atomic E-state index is 0.841. The molecule has 0 radical (unpaired) electrons. The van der Waals surface area contributed by atoms with E-state index >= 15 is 0 Å². The summed E-state index contributed by atoms with van der Waals surface area (Å²) in [6.07, 6.45) is 0. The third-order valence-corrected chi connectivity index (χ3v) is 14.5. The molecule has 70 heavy (non-hydrogen) atoms. The Morgan fingerprint density at radius 1 is 0.200 bits per heavy atom. The van der Waals surface area contributed by atoms with Crippen molar-refractivity contribution in [3.8, 4) is 0 Å². The summed E-state index contributed by atoms with van der Waals surface area (Å²) in [6.45, 7) is 0. The fourth-order valence-corrected chi connectivity index (χ4v) is 11.2. The van der Waals surface area contributed by atoms with Crippen LogP contribution in [0.3, 0.4) is 0 Å². The van der Waals surface area contributed by atoms with Gasteiger partial charge in [-0.3, -0.25) is 0 Å². The molecule has 2 aromatic heterocycles. The highest BCUT2D eigenvalue weighted by Gasteiger charge is 2.20. The minimum atomic E-state index is 0.841. The highest BCUT2D eigenvalue weighted by atomic mass is 16.3. The molecule has 0 aliphatic carbocycles. The Bertz CT molecular complexity index is 4310. The molecule has 0 spiro atoms. The summed E-state index contributed by atoms with van der Waals surface area (Å²) in [7, 11) is 0. The number of anilines is 6. The van der Waals surface area contributed by atoms with Gasteiger partial charge in [-0.05, 0) is 163 Å². The third kappa shape index (κ3) is 5.97. The summed E-state index contributed by atoms with van der Waals surface area (Å²) < 4.78 is 13.7. The SMILES string of the molecule is c1ccc(N(c2ccc3c(ccc4ccccc43)c2)c2ccc3c(ccc4c5cc6oc7c8ccc(N(c9ccccc9)c9ccc%10c(ccc%11ccccc%11%10)c9)cc8ccc7c6cc5oc34)c2)cc1. The molecular formula is C66H40N2O2. The van der Waals surface area contributed by atoms with Crippen molar-refractivity contribution >= 4 is 143 Å². The van der Waals surface area contributed by atoms with Crippen LogP contribution in [0.5, 0.6) is 0 Å². The summed E-state index contributed by atoms with van der Waals surface area (Å²) in [5, 5.41) is 18.5. The van der Waals surface area contributed by atoms with Crippen LogP contribution in [-0.2, 0) is 0 Å². The number of hydrogen-bond acceptors (Lipinski definition) is 4. The fraction of sp³-hybridized carbons (Fsp3) is 0. The van der Waals surface area contributed by atoms with E-state index in [-0.39, 0.29) is 0 Å². The van der Waals surface area contributed by atoms with Crippen LogP contribution in [0, 0.1) is 0 Å². The topological polar surface area (TPSA) is 32.8 Å². The zero-order valence-corrected chi connectivity index (χ0v) is 37.8. The van der Waals surface area contributed by atoms with Gasteiger partial charge in [0.15, 0.2) is 0 Å². The van der Waals surface area contributed by atoms with Crippen molar-refractivity contribution in [2.24, 2.45) is 0 Å². The van der Waals surface area contributed by atoms with Gasteiger partial charge in [0, 0.05) is 66.4 Å². The molecule has 13 aromatic carbocycles. The summed E-state index contributed by atoms with van der Waals surface area (Å²) in [6, 6.07) is 87.5. The van der Waals surface area contributed by atoms with Gasteiger partial charge in [-0.25, -0.2) is 0 Å². The molecule has 4 heteroatoms. The van der Waals surface area contributed by atoms with Crippen LogP contribution >= 0.6 is 0 Å². The Hall–Kier alpha value is -9.38. The lowest BCUT2D eigenvalue weighted by Crippen LogP contribution is -2.09. The summed E-state index contributed by atoms with van der Waals surface area (Å²) >= 11 is 0. The van der Waals surface area contributed by atoms with Gasteiger partial charge in [-0.1, -0.05) is 133 Å². The number of fused-ring (bicyclic) bond motifs is 16. The Kier molecular flexibility index (Phi) is 8.33. The van der Waals surface area contributed by atoms with Crippen molar-refractivity contribution < 1.29 is 8.83 Å². The lowest BCUT2D eigenvalue weighted by atomic mass is 10.0. The smallest absolute Gasteiger partial charge is 0.143 e. The number of rotatable bonds is 6. The predicted molar refractivity (Wildman–Crippen MR) is 295 cm³/mol. The zero-order valence-electron chi connectivity index (χ0n) is 37.8. The average molecular weight is 893 g/mol. The second-order valence-electron chi connectivity index (χ2n) is 18.5. The zero-order chi connectivity index (χ0) is 45.9. The van der Waals surface area contributed by atoms with E-state index in [1.54, 1.807) is 0 Å². The van der Waals surface area contributed by atoms with Crippen LogP contribution in [0.1, 0.15) is 0 Å². The van der Waals surface area contributed by atoms with Crippen molar-refractivity contribution in [1.82, 2.24) is 0 Å². The molecule has 2 heterocycles. The van der Waals surface area contributed by atoms with Crippen molar-refractivity contribution in [2.45, 2.75) is 0 Å². The van der Waals surface area contributed by atoms with Crippen molar-refractivity contribution in [2.75, 3.05) is 9.80 Å². The first kappa shape index (κ1) is 38.7. The highest BCUT2D eigenvalue weighted by molar-refractivity contribution is 6.22. The maximum Gasteiger partial charge on any atom is 0.143 e. The predicted octanol–water partition coefficient (Wildman–Crippen LogP) is 19.3. The van der Waals surface area contributed by atoms with E-state index in [1.165, 1.54) is 43.1 Å².